The summed E-state index contributed by atoms with van der Waals surface area (Å²) in [5, 5.41) is 74.0. The van der Waals surface area contributed by atoms with Crippen LogP contribution in [0.15, 0.2) is 119 Å². The molecule has 4 aliphatic heterocycles. The van der Waals surface area contributed by atoms with Gasteiger partial charge in [0.25, 0.3) is 22.2 Å². The number of benzene rings is 1. The van der Waals surface area contributed by atoms with E-state index < -0.39 is 242 Å². The standard InChI is InChI=1S/C17H20N2O13P2.C9H13IN2O12P2.C9H14N5O14P3.C9H15N2O14P3S/c1-10(11-5-3-2-4-6-11)31-19-13(20)7-8-18(17(19)23)16-15(22)14(21)12(30-16)9-29-34(27,28)32-33(24,25)26;10-3-1-12(9(16)11-7(3)15)8-6(14)5(13)4(23-8)2-22-26(20,21)24-25(17,18)19;10-13-12-6-7(16)4(26-8(6)14-2-1-5(15)11-9(14)17)3-25-30(21,22)28-31(23,24)27-29(18,19)20;12-5-1-2-11(9(29)10-5)8-7(14)6(13)4(23-8)3-22-27(18,19)25-28(20,21)24-26(15,16)17/h2-8,12,14-16,21-22H,1,9H2,(H,27,28)(H2,24,25,26);1,4-6,8,13-14H,2H2,(H,20,21)(H,11,15,16)(H2,17,18,19);1-2,4,6-8,16H,3H2,(H,21,22)(H,23,24)(H,11,15,17)(H2,18,19,20);1-2,4,6-8,13-14H,3H2,(H,18,19)(H,20,21)(H,10,12,29)(H2,15,16,17)/t12-,14-,15-,16-;4-,5-,6-,8-;2*4-,6-,7-,8-/m1111/s1. The first kappa shape index (κ1) is 104. The number of aliphatic hydroxyl groups excluding tert-OH is 7. The molecule has 24 N–H and O–H groups in total. The number of ether oxygens (including phenoxy) is 4. The van der Waals surface area contributed by atoms with Crippen molar-refractivity contribution in [3.05, 3.63) is 177 Å². The summed E-state index contributed by atoms with van der Waals surface area (Å²) in [4.78, 5) is 220. The fourth-order valence-corrected chi connectivity index (χ4v) is 19.6. The van der Waals surface area contributed by atoms with Gasteiger partial charge in [-0.3, -0.25) is 70.5 Å². The minimum atomic E-state index is -5.76. The molecule has 4 aliphatic rings. The van der Waals surface area contributed by atoms with Gasteiger partial charge in [-0.15, -0.1) is 0 Å². The molecule has 0 amide bonds. The highest BCUT2D eigenvalue weighted by atomic mass is 127. The second-order valence-electron chi connectivity index (χ2n) is 23.0. The SMILES string of the molecule is C=C(On1c(=O)ccn([C@@H]2O[C@H](COP(=O)(O)OP(=O)(O)O)[C@@H](O)[C@H]2O)c1=O)c1ccccc1.O=c1[nH]c(=O)n([C@@H]2O[C@H](COP(=O)(O)OP(=O)(O)O)[C@@H](O)[C@H]2O)cc1I.O=c1ccn([C@@H]2O[C@H](COP(=O)(O)OP(=O)(O)OP(=O)(O)O)[C@@H](O)[C@H]2O)c(=S)[nH]1.[N-]=[N+]=N[C@@H]1[C@H](O)[C@@H](COP(=O)(O)OP(=O)(O)OP(=O)(O)O)O[C@H]1n1ccc(=O)[nH]c1=O. The van der Waals surface area contributed by atoms with Gasteiger partial charge in [-0.25, -0.2) is 60.0 Å². The molecule has 0 aliphatic carbocycles. The number of aromatic nitrogens is 8. The zero-order valence-electron chi connectivity index (χ0n) is 58.0. The topological polar surface area (TPSA) is 974 Å². The van der Waals surface area contributed by atoms with Gasteiger partial charge in [0, 0.05) is 53.5 Å². The quantitative estimate of drug-likeness (QED) is 0.00363. The minimum absolute atomic E-state index is 0.0412. The number of aromatic amines is 3. The number of aliphatic hydroxyl groups is 7. The van der Waals surface area contributed by atoms with Gasteiger partial charge in [0.1, 0.15) is 73.3 Å². The Morgan fingerprint density at radius 3 is 1.21 bits per heavy atom. The summed E-state index contributed by atoms with van der Waals surface area (Å²) in [6.07, 6.45) is -19.8. The Morgan fingerprint density at radius 1 is 0.458 bits per heavy atom. The second-order valence-corrected chi connectivity index (χ2v) is 39.1. The maximum atomic E-state index is 12.8. The maximum absolute atomic E-state index is 12.8. The number of halogens is 1. The number of phosphoric acid groups is 10. The molecule has 9 rings (SSSR count). The van der Waals surface area contributed by atoms with Crippen LogP contribution in [0.25, 0.3) is 16.2 Å². The maximum Gasteiger partial charge on any atom is 0.490 e. The molecule has 22 atom stereocenters. The Balaban J connectivity index is 0.000000249. The van der Waals surface area contributed by atoms with Gasteiger partial charge in [-0.2, -0.15) is 25.9 Å². The van der Waals surface area contributed by atoms with Crippen molar-refractivity contribution in [1.29, 1.82) is 0 Å². The van der Waals surface area contributed by atoms with Crippen LogP contribution < -0.4 is 44.1 Å². The van der Waals surface area contributed by atoms with Gasteiger partial charge in [0.2, 0.25) is 0 Å². The van der Waals surface area contributed by atoms with Crippen molar-refractivity contribution in [3.63, 3.8) is 0 Å². The highest BCUT2D eigenvalue weighted by Gasteiger charge is 2.52. The summed E-state index contributed by atoms with van der Waals surface area (Å²) in [5.41, 5.74) is 3.24. The molecule has 0 bridgehead atoms. The van der Waals surface area contributed by atoms with Crippen LogP contribution in [-0.4, -0.2) is 242 Å². The van der Waals surface area contributed by atoms with E-state index in [4.69, 9.17) is 90.5 Å². The third kappa shape index (κ3) is 31.2. The van der Waals surface area contributed by atoms with Crippen LogP contribution in [0, 0.1) is 8.34 Å². The molecule has 120 heavy (non-hydrogen) atoms. The molecule has 0 radical (unpaired) electrons. The van der Waals surface area contributed by atoms with Crippen molar-refractivity contribution in [2.75, 3.05) is 26.4 Å². The number of nitrogens with one attached hydrogen (secondary N) is 3. The fourth-order valence-electron chi connectivity index (χ4n) is 9.61. The van der Waals surface area contributed by atoms with Crippen LogP contribution >= 0.6 is 113 Å². The number of hydrogen-bond acceptors (Lipinski definition) is 41. The lowest BCUT2D eigenvalue weighted by molar-refractivity contribution is -0.0563. The summed E-state index contributed by atoms with van der Waals surface area (Å²) in [6, 6.07) is 9.74. The monoisotopic (exact) mass is 2060 g/mol. The van der Waals surface area contributed by atoms with Crippen LogP contribution in [0.4, 0.5) is 0 Å². The first-order valence-corrected chi connectivity index (χ1v) is 47.3. The lowest BCUT2D eigenvalue weighted by Crippen LogP contribution is -2.45. The van der Waals surface area contributed by atoms with Crippen molar-refractivity contribution in [2.24, 2.45) is 5.11 Å². The van der Waals surface area contributed by atoms with Crippen LogP contribution in [0.2, 0.25) is 0 Å². The van der Waals surface area contributed by atoms with E-state index in [0.29, 0.717) is 10.3 Å². The van der Waals surface area contributed by atoms with Crippen LogP contribution in [0.3, 0.4) is 0 Å². The summed E-state index contributed by atoms with van der Waals surface area (Å²) in [5.74, 6) is -0.0412. The normalized spacial score (nSPS) is 27.4. The van der Waals surface area contributed by atoms with Crippen molar-refractivity contribution < 1.29 is 218 Å². The third-order valence-corrected chi connectivity index (χ3v) is 27.4. The minimum Gasteiger partial charge on any atom is -0.390 e. The molecule has 0 spiro atoms. The number of hydrogen-bond donors (Lipinski definition) is 24. The van der Waals surface area contributed by atoms with Gasteiger partial charge in [0.05, 0.1) is 36.1 Å². The largest absolute Gasteiger partial charge is 0.490 e. The van der Waals surface area contributed by atoms with Crippen LogP contribution in [0.5, 0.6) is 0 Å². The Labute approximate surface area is 678 Å². The molecule has 5 aromatic rings. The van der Waals surface area contributed by atoms with E-state index >= 15 is 0 Å². The van der Waals surface area contributed by atoms with E-state index in [2.05, 4.69) is 65.5 Å². The molecular formula is C44H62IN11O53P10S. The molecule has 76 heteroatoms. The van der Waals surface area contributed by atoms with E-state index in [1.165, 1.54) is 0 Å². The fraction of sp³-hybridized carbons (Fsp3) is 0.455. The number of rotatable bonds is 32. The van der Waals surface area contributed by atoms with Crippen molar-refractivity contribution in [1.82, 2.24) is 38.0 Å². The zero-order valence-corrected chi connectivity index (χ0v) is 69.9. The molecule has 4 saturated heterocycles. The Morgan fingerprint density at radius 2 is 0.808 bits per heavy atom. The second kappa shape index (κ2) is 41.5. The van der Waals surface area contributed by atoms with Crippen LogP contribution in [-0.2, 0) is 109 Å². The van der Waals surface area contributed by atoms with Crippen LogP contribution in [0.1, 0.15) is 30.5 Å². The van der Waals surface area contributed by atoms with Gasteiger partial charge >= 0.3 is 95.3 Å². The smallest absolute Gasteiger partial charge is 0.390 e. The third-order valence-electron chi connectivity index (χ3n) is 14.4. The molecule has 6 unspecified atom stereocenters. The number of phosphoric ester groups is 4. The lowest BCUT2D eigenvalue weighted by Gasteiger charge is -2.19. The van der Waals surface area contributed by atoms with Crippen molar-refractivity contribution >= 4 is 119 Å². The number of H-pyrrole nitrogens is 3. The van der Waals surface area contributed by atoms with Gasteiger partial charge in [-0.05, 0) is 40.3 Å². The molecule has 674 valence electrons. The number of azide groups is 1. The van der Waals surface area contributed by atoms with E-state index in [0.717, 1.165) is 61.3 Å². The number of nitrogens with zero attached hydrogens (tertiary/aromatic N) is 8. The molecule has 8 heterocycles. The average Bonchev–Trinajstić information content (AvgIpc) is 1.59. The van der Waals surface area contributed by atoms with Crippen molar-refractivity contribution in [2.45, 2.75) is 98.1 Å². The molecule has 4 fully saturated rings. The Kier molecular flexibility index (Phi) is 35.9. The van der Waals surface area contributed by atoms with E-state index in [1.807, 2.05) is 9.97 Å². The molecule has 64 nitrogen and oxygen atoms in total. The Hall–Kier alpha value is -5.16. The summed E-state index contributed by atoms with van der Waals surface area (Å²) in [7, 11) is -54.7. The predicted molar refractivity (Wildman–Crippen MR) is 386 cm³/mol. The molecular weight excluding hydrogens is 2000 g/mol. The first-order valence-electron chi connectivity index (χ1n) is 30.7. The van der Waals surface area contributed by atoms with E-state index in [1.54, 1.807) is 52.9 Å². The van der Waals surface area contributed by atoms with E-state index in [-0.39, 0.29) is 14.1 Å². The van der Waals surface area contributed by atoms with Gasteiger partial charge < -0.3 is 128 Å². The van der Waals surface area contributed by atoms with Gasteiger partial charge in [-0.1, -0.05) is 46.8 Å². The molecule has 0 saturated carbocycles. The van der Waals surface area contributed by atoms with Crippen molar-refractivity contribution in [3.8, 4) is 0 Å². The zero-order chi connectivity index (χ0) is 90.9. The summed E-state index contributed by atoms with van der Waals surface area (Å²) in [6.45, 7) is -0.244. The molecule has 4 aromatic heterocycles. The molecule has 1 aromatic carbocycles. The van der Waals surface area contributed by atoms with Gasteiger partial charge in [0.15, 0.2) is 29.2 Å². The average molecular weight is 2060 g/mol. The summed E-state index contributed by atoms with van der Waals surface area (Å²) < 4.78 is 175. The van der Waals surface area contributed by atoms with E-state index in [9.17, 15) is 135 Å². The lowest BCUT2D eigenvalue weighted by atomic mass is 10.1. The predicted octanol–water partition coefficient (Wildman–Crippen LogP) is -5.37. The first-order chi connectivity index (χ1) is 54.8. The Bertz CT molecular complexity index is 5600. The summed E-state index contributed by atoms with van der Waals surface area (Å²) >= 11 is 6.52. The highest BCUT2D eigenvalue weighted by Crippen LogP contribution is 2.68. The highest BCUT2D eigenvalue weighted by molar-refractivity contribution is 14.1.